The molecule has 1 aromatic carbocycles. The summed E-state index contributed by atoms with van der Waals surface area (Å²) in [6, 6.07) is 5.43. The van der Waals surface area contributed by atoms with Crippen LogP contribution in [0.5, 0.6) is 0 Å². The smallest absolute Gasteiger partial charge is 0.127 e. The summed E-state index contributed by atoms with van der Waals surface area (Å²) in [5.41, 5.74) is 1.66. The summed E-state index contributed by atoms with van der Waals surface area (Å²) in [4.78, 5) is 0. The van der Waals surface area contributed by atoms with Gasteiger partial charge in [0.15, 0.2) is 0 Å². The molecule has 0 bridgehead atoms. The lowest BCUT2D eigenvalue weighted by Crippen LogP contribution is -2.12. The molecule has 0 saturated heterocycles. The monoisotopic (exact) mass is 199 g/mol. The predicted molar refractivity (Wildman–Crippen MR) is 51.6 cm³/mol. The lowest BCUT2D eigenvalue weighted by Gasteiger charge is -2.09. The number of benzene rings is 1. The molecule has 1 aliphatic rings. The highest BCUT2D eigenvalue weighted by Crippen LogP contribution is 2.30. The number of halogens is 2. The summed E-state index contributed by atoms with van der Waals surface area (Å²) in [6.45, 7) is 1.39. The van der Waals surface area contributed by atoms with Gasteiger partial charge in [-0.2, -0.15) is 0 Å². The Morgan fingerprint density at radius 2 is 2.31 bits per heavy atom. The maximum Gasteiger partial charge on any atom is 0.127 e. The lowest BCUT2D eigenvalue weighted by molar-refractivity contribution is 0.326. The SMILES string of the molecule is FC1CCNCc2c(Cl)cccc21. The minimum Gasteiger partial charge on any atom is -0.312 e. The van der Waals surface area contributed by atoms with E-state index in [2.05, 4.69) is 5.32 Å². The normalized spacial score (nSPS) is 22.2. The molecule has 1 N–H and O–H groups in total. The maximum absolute atomic E-state index is 13.5. The van der Waals surface area contributed by atoms with E-state index in [-0.39, 0.29) is 0 Å². The van der Waals surface area contributed by atoms with Crippen LogP contribution in [0, 0.1) is 0 Å². The molecule has 0 amide bonds. The number of rotatable bonds is 0. The zero-order valence-corrected chi connectivity index (χ0v) is 7.94. The first-order valence-electron chi connectivity index (χ1n) is 4.41. The summed E-state index contributed by atoms with van der Waals surface area (Å²) < 4.78 is 13.5. The fourth-order valence-corrected chi connectivity index (χ4v) is 1.90. The Bertz CT molecular complexity index is 314. The first-order valence-corrected chi connectivity index (χ1v) is 4.79. The summed E-state index contributed by atoms with van der Waals surface area (Å²) in [6.07, 6.45) is -0.337. The van der Waals surface area contributed by atoms with Crippen LogP contribution in [0.4, 0.5) is 4.39 Å². The van der Waals surface area contributed by atoms with Crippen molar-refractivity contribution in [2.24, 2.45) is 0 Å². The fourth-order valence-electron chi connectivity index (χ4n) is 1.65. The largest absolute Gasteiger partial charge is 0.312 e. The second kappa shape index (κ2) is 3.64. The van der Waals surface area contributed by atoms with Gasteiger partial charge >= 0.3 is 0 Å². The van der Waals surface area contributed by atoms with Crippen molar-refractivity contribution in [1.82, 2.24) is 5.32 Å². The van der Waals surface area contributed by atoms with Crippen LogP contribution in [-0.4, -0.2) is 6.54 Å². The van der Waals surface area contributed by atoms with Crippen LogP contribution in [0.25, 0.3) is 0 Å². The molecule has 1 unspecified atom stereocenters. The molecule has 1 aliphatic heterocycles. The Kier molecular flexibility index (Phi) is 2.51. The van der Waals surface area contributed by atoms with Crippen LogP contribution in [-0.2, 0) is 6.54 Å². The van der Waals surface area contributed by atoms with Crippen molar-refractivity contribution in [3.63, 3.8) is 0 Å². The Hall–Kier alpha value is -0.600. The van der Waals surface area contributed by atoms with Crippen LogP contribution in [0.2, 0.25) is 5.02 Å². The van der Waals surface area contributed by atoms with Crippen LogP contribution >= 0.6 is 11.6 Å². The highest BCUT2D eigenvalue weighted by atomic mass is 35.5. The highest BCUT2D eigenvalue weighted by Gasteiger charge is 2.18. The van der Waals surface area contributed by atoms with Gasteiger partial charge in [0, 0.05) is 11.6 Å². The van der Waals surface area contributed by atoms with Gasteiger partial charge in [-0.1, -0.05) is 23.7 Å². The molecule has 13 heavy (non-hydrogen) atoms. The van der Waals surface area contributed by atoms with Gasteiger partial charge in [0.05, 0.1) is 0 Å². The zero-order chi connectivity index (χ0) is 9.26. The molecule has 1 atom stereocenters. The molecule has 0 radical (unpaired) electrons. The Morgan fingerprint density at radius 1 is 1.46 bits per heavy atom. The van der Waals surface area contributed by atoms with Gasteiger partial charge in [-0.05, 0) is 30.2 Å². The zero-order valence-electron chi connectivity index (χ0n) is 7.19. The van der Waals surface area contributed by atoms with E-state index in [0.717, 1.165) is 11.1 Å². The van der Waals surface area contributed by atoms with Crippen LogP contribution in [0.15, 0.2) is 18.2 Å². The molecular formula is C10H11ClFN. The van der Waals surface area contributed by atoms with Gasteiger partial charge in [-0.3, -0.25) is 0 Å². The van der Waals surface area contributed by atoms with E-state index in [9.17, 15) is 4.39 Å². The summed E-state index contributed by atoms with van der Waals surface area (Å²) in [7, 11) is 0. The first kappa shape index (κ1) is 8.97. The minimum atomic E-state index is -0.872. The summed E-state index contributed by atoms with van der Waals surface area (Å²) in [5, 5.41) is 3.81. The first-order chi connectivity index (χ1) is 6.29. The molecule has 0 saturated carbocycles. The van der Waals surface area contributed by atoms with Crippen molar-refractivity contribution in [2.45, 2.75) is 19.1 Å². The number of hydrogen-bond acceptors (Lipinski definition) is 1. The van der Waals surface area contributed by atoms with E-state index in [1.54, 1.807) is 12.1 Å². The molecule has 1 aromatic rings. The third-order valence-corrected chi connectivity index (χ3v) is 2.72. The second-order valence-corrected chi connectivity index (χ2v) is 3.65. The molecule has 3 heteroatoms. The number of nitrogens with one attached hydrogen (secondary N) is 1. The third-order valence-electron chi connectivity index (χ3n) is 2.37. The number of hydrogen-bond donors (Lipinski definition) is 1. The molecule has 0 fully saturated rings. The van der Waals surface area contributed by atoms with Crippen molar-refractivity contribution in [1.29, 1.82) is 0 Å². The minimum absolute atomic E-state index is 0.535. The molecule has 70 valence electrons. The van der Waals surface area contributed by atoms with E-state index in [4.69, 9.17) is 11.6 Å². The molecule has 1 nitrogen and oxygen atoms in total. The summed E-state index contributed by atoms with van der Waals surface area (Å²) >= 11 is 5.97. The molecule has 2 rings (SSSR count). The quantitative estimate of drug-likeness (QED) is 0.678. The molecule has 1 heterocycles. The predicted octanol–water partition coefficient (Wildman–Crippen LogP) is 2.84. The van der Waals surface area contributed by atoms with E-state index < -0.39 is 6.17 Å². The van der Waals surface area contributed by atoms with Gasteiger partial charge in [-0.15, -0.1) is 0 Å². The average Bonchev–Trinajstić information content (AvgIpc) is 2.30. The fraction of sp³-hybridized carbons (Fsp3) is 0.400. The number of fused-ring (bicyclic) bond motifs is 1. The molecular weight excluding hydrogens is 189 g/mol. The van der Waals surface area contributed by atoms with E-state index >= 15 is 0 Å². The van der Waals surface area contributed by atoms with Crippen molar-refractivity contribution >= 4 is 11.6 Å². The van der Waals surface area contributed by atoms with Crippen LogP contribution in [0.1, 0.15) is 23.7 Å². The average molecular weight is 200 g/mol. The van der Waals surface area contributed by atoms with Gasteiger partial charge in [0.2, 0.25) is 0 Å². The summed E-state index contributed by atoms with van der Waals surface area (Å²) in [5.74, 6) is 0. The Labute approximate surface area is 81.9 Å². The molecule has 0 spiro atoms. The van der Waals surface area contributed by atoms with E-state index in [0.29, 0.717) is 24.5 Å². The van der Waals surface area contributed by atoms with Gasteiger partial charge in [-0.25, -0.2) is 4.39 Å². The van der Waals surface area contributed by atoms with Gasteiger partial charge < -0.3 is 5.32 Å². The molecule has 0 aliphatic carbocycles. The third kappa shape index (κ3) is 1.69. The second-order valence-electron chi connectivity index (χ2n) is 3.24. The van der Waals surface area contributed by atoms with Gasteiger partial charge in [0.25, 0.3) is 0 Å². The highest BCUT2D eigenvalue weighted by molar-refractivity contribution is 6.31. The van der Waals surface area contributed by atoms with Crippen LogP contribution in [0.3, 0.4) is 0 Å². The topological polar surface area (TPSA) is 12.0 Å². The standard InChI is InChI=1S/C10H11ClFN/c11-9-3-1-2-7-8(9)6-13-5-4-10(7)12/h1-3,10,13H,4-6H2. The lowest BCUT2D eigenvalue weighted by atomic mass is 10.0. The van der Waals surface area contributed by atoms with Gasteiger partial charge in [0.1, 0.15) is 6.17 Å². The Morgan fingerprint density at radius 3 is 3.15 bits per heavy atom. The van der Waals surface area contributed by atoms with Crippen molar-refractivity contribution in [2.75, 3.05) is 6.54 Å². The van der Waals surface area contributed by atoms with Crippen molar-refractivity contribution in [3.8, 4) is 0 Å². The van der Waals surface area contributed by atoms with E-state index in [1.807, 2.05) is 6.07 Å². The Balaban J connectivity index is 2.47. The van der Waals surface area contributed by atoms with E-state index in [1.165, 1.54) is 0 Å². The van der Waals surface area contributed by atoms with Crippen molar-refractivity contribution in [3.05, 3.63) is 34.3 Å². The maximum atomic E-state index is 13.5. The van der Waals surface area contributed by atoms with Crippen molar-refractivity contribution < 1.29 is 4.39 Å². The molecule has 0 aromatic heterocycles. The number of alkyl halides is 1. The van der Waals surface area contributed by atoms with Crippen LogP contribution < -0.4 is 5.32 Å².